The molecule has 2 aliphatic carbocycles. The topological polar surface area (TPSA) is 78.4 Å². The number of carbonyl (C=O) groups is 2. The monoisotopic (exact) mass is 302 g/mol. The minimum atomic E-state index is -0.200. The van der Waals surface area contributed by atoms with Gasteiger partial charge in [0.1, 0.15) is 5.75 Å². The quantitative estimate of drug-likeness (QED) is 0.724. The summed E-state index contributed by atoms with van der Waals surface area (Å²) >= 11 is 0. The third-order valence-electron chi connectivity index (χ3n) is 4.91. The lowest BCUT2D eigenvalue weighted by atomic mass is 9.88. The van der Waals surface area contributed by atoms with Crippen molar-refractivity contribution >= 4 is 11.8 Å². The third kappa shape index (κ3) is 3.24. The second-order valence-electron chi connectivity index (χ2n) is 6.38. The molecule has 3 atom stereocenters. The molecule has 3 unspecified atom stereocenters. The summed E-state index contributed by atoms with van der Waals surface area (Å²) in [7, 11) is 0. The van der Waals surface area contributed by atoms with Crippen LogP contribution in [0.15, 0.2) is 24.3 Å². The molecule has 0 heterocycles. The molecule has 2 bridgehead atoms. The number of nitrogens with one attached hydrogen (secondary N) is 2. The number of carbonyl (C=O) groups excluding carboxylic acids is 2. The number of phenols is 1. The lowest BCUT2D eigenvalue weighted by molar-refractivity contribution is -0.126. The van der Waals surface area contributed by atoms with Crippen LogP contribution in [-0.2, 0) is 4.79 Å². The number of amides is 2. The number of hydrogen-bond acceptors (Lipinski definition) is 3. The van der Waals surface area contributed by atoms with Crippen molar-refractivity contribution in [2.45, 2.75) is 25.7 Å². The molecule has 3 rings (SSSR count). The van der Waals surface area contributed by atoms with Crippen LogP contribution in [0.1, 0.15) is 36.0 Å². The van der Waals surface area contributed by atoms with Gasteiger partial charge in [0.15, 0.2) is 0 Å². The van der Waals surface area contributed by atoms with Crippen molar-refractivity contribution in [3.63, 3.8) is 0 Å². The van der Waals surface area contributed by atoms with Crippen molar-refractivity contribution < 1.29 is 14.7 Å². The molecule has 1 aromatic carbocycles. The van der Waals surface area contributed by atoms with E-state index in [2.05, 4.69) is 10.6 Å². The van der Waals surface area contributed by atoms with Gasteiger partial charge in [-0.2, -0.15) is 0 Å². The van der Waals surface area contributed by atoms with Crippen LogP contribution in [-0.4, -0.2) is 30.0 Å². The van der Waals surface area contributed by atoms with Gasteiger partial charge < -0.3 is 15.7 Å². The molecule has 2 aliphatic rings. The van der Waals surface area contributed by atoms with Gasteiger partial charge in [-0.25, -0.2) is 0 Å². The maximum absolute atomic E-state index is 12.1. The third-order valence-corrected chi connectivity index (χ3v) is 4.91. The van der Waals surface area contributed by atoms with Gasteiger partial charge in [-0.1, -0.05) is 6.42 Å². The fourth-order valence-electron chi connectivity index (χ4n) is 3.77. The zero-order valence-corrected chi connectivity index (χ0v) is 12.5. The van der Waals surface area contributed by atoms with E-state index in [4.69, 9.17) is 0 Å². The molecule has 0 aliphatic heterocycles. The van der Waals surface area contributed by atoms with E-state index in [9.17, 15) is 14.7 Å². The molecule has 2 saturated carbocycles. The highest BCUT2D eigenvalue weighted by atomic mass is 16.3. The molecule has 0 aromatic heterocycles. The summed E-state index contributed by atoms with van der Waals surface area (Å²) in [6.45, 7) is 0.864. The maximum atomic E-state index is 12.1. The fourth-order valence-corrected chi connectivity index (χ4v) is 3.77. The molecule has 0 radical (unpaired) electrons. The number of fused-ring (bicyclic) bond motifs is 2. The molecule has 22 heavy (non-hydrogen) atoms. The summed E-state index contributed by atoms with van der Waals surface area (Å²) in [5, 5.41) is 14.9. The molecule has 5 heteroatoms. The van der Waals surface area contributed by atoms with Gasteiger partial charge in [0.2, 0.25) is 5.91 Å². The van der Waals surface area contributed by atoms with E-state index in [0.29, 0.717) is 24.6 Å². The van der Waals surface area contributed by atoms with Gasteiger partial charge in [-0.3, -0.25) is 9.59 Å². The van der Waals surface area contributed by atoms with Crippen LogP contribution in [0.2, 0.25) is 0 Å². The molecular formula is C17H22N2O3. The van der Waals surface area contributed by atoms with Gasteiger partial charge in [-0.05, 0) is 55.4 Å². The normalized spacial score (nSPS) is 25.9. The number of benzene rings is 1. The molecule has 2 fully saturated rings. The van der Waals surface area contributed by atoms with Crippen LogP contribution in [0.4, 0.5) is 0 Å². The highest BCUT2D eigenvalue weighted by molar-refractivity contribution is 5.94. The second-order valence-corrected chi connectivity index (χ2v) is 6.38. The molecule has 2 amide bonds. The Labute approximate surface area is 130 Å². The Morgan fingerprint density at radius 1 is 1.05 bits per heavy atom. The fraction of sp³-hybridized carbons (Fsp3) is 0.529. The smallest absolute Gasteiger partial charge is 0.251 e. The van der Waals surface area contributed by atoms with Crippen LogP contribution in [0, 0.1) is 17.8 Å². The average Bonchev–Trinajstić information content (AvgIpc) is 3.14. The minimum absolute atomic E-state index is 0.134. The van der Waals surface area contributed by atoms with E-state index in [-0.39, 0.29) is 23.5 Å². The Balaban J connectivity index is 1.37. The van der Waals surface area contributed by atoms with Crippen molar-refractivity contribution in [1.82, 2.24) is 10.6 Å². The number of phenolic OH excluding ortho intramolecular Hbond substituents is 1. The Kier molecular flexibility index (Phi) is 4.32. The SMILES string of the molecule is O=C(NCCNC(=O)C1CC2CCC1C2)c1ccc(O)cc1. The molecular weight excluding hydrogens is 280 g/mol. The van der Waals surface area contributed by atoms with Crippen LogP contribution in [0.5, 0.6) is 5.75 Å². The summed E-state index contributed by atoms with van der Waals surface area (Å²) in [6, 6.07) is 6.09. The maximum Gasteiger partial charge on any atom is 0.251 e. The standard InChI is InChI=1S/C17H22N2O3/c20-14-5-3-12(4-6-14)16(21)18-7-8-19-17(22)15-10-11-1-2-13(15)9-11/h3-6,11,13,15,20H,1-2,7-10H2,(H,18,21)(H,19,22). The van der Waals surface area contributed by atoms with Crippen molar-refractivity contribution in [3.05, 3.63) is 29.8 Å². The zero-order chi connectivity index (χ0) is 15.5. The summed E-state index contributed by atoms with van der Waals surface area (Å²) in [4.78, 5) is 24.0. The van der Waals surface area contributed by atoms with E-state index < -0.39 is 0 Å². The number of aromatic hydroxyl groups is 1. The zero-order valence-electron chi connectivity index (χ0n) is 12.5. The van der Waals surface area contributed by atoms with Crippen LogP contribution >= 0.6 is 0 Å². The van der Waals surface area contributed by atoms with E-state index in [1.807, 2.05) is 0 Å². The van der Waals surface area contributed by atoms with E-state index in [0.717, 1.165) is 12.3 Å². The van der Waals surface area contributed by atoms with Gasteiger partial charge in [0, 0.05) is 24.6 Å². The van der Waals surface area contributed by atoms with Crippen molar-refractivity contribution in [2.75, 3.05) is 13.1 Å². The minimum Gasteiger partial charge on any atom is -0.508 e. The Morgan fingerprint density at radius 2 is 1.77 bits per heavy atom. The lowest BCUT2D eigenvalue weighted by Crippen LogP contribution is -2.39. The van der Waals surface area contributed by atoms with Gasteiger partial charge in [-0.15, -0.1) is 0 Å². The predicted octanol–water partition coefficient (Wildman–Crippen LogP) is 1.67. The van der Waals surface area contributed by atoms with E-state index in [1.54, 1.807) is 12.1 Å². The van der Waals surface area contributed by atoms with Crippen molar-refractivity contribution in [1.29, 1.82) is 0 Å². The Hall–Kier alpha value is -2.04. The van der Waals surface area contributed by atoms with Crippen LogP contribution in [0.3, 0.4) is 0 Å². The lowest BCUT2D eigenvalue weighted by Gasteiger charge is -2.20. The second kappa shape index (κ2) is 6.38. The Morgan fingerprint density at radius 3 is 2.41 bits per heavy atom. The van der Waals surface area contributed by atoms with E-state index in [1.165, 1.54) is 31.4 Å². The average molecular weight is 302 g/mol. The first-order chi connectivity index (χ1) is 10.6. The highest BCUT2D eigenvalue weighted by Crippen LogP contribution is 2.48. The molecule has 0 saturated heterocycles. The molecule has 1 aromatic rings. The molecule has 0 spiro atoms. The molecule has 3 N–H and O–H groups in total. The predicted molar refractivity (Wildman–Crippen MR) is 82.4 cm³/mol. The van der Waals surface area contributed by atoms with Gasteiger partial charge >= 0.3 is 0 Å². The van der Waals surface area contributed by atoms with Gasteiger partial charge in [0.05, 0.1) is 0 Å². The van der Waals surface area contributed by atoms with Crippen LogP contribution < -0.4 is 10.6 Å². The molecule has 5 nitrogen and oxygen atoms in total. The first kappa shape index (κ1) is 14.9. The highest BCUT2D eigenvalue weighted by Gasteiger charge is 2.42. The van der Waals surface area contributed by atoms with Crippen molar-refractivity contribution in [3.8, 4) is 5.75 Å². The molecule has 118 valence electrons. The summed E-state index contributed by atoms with van der Waals surface area (Å²) in [6.07, 6.45) is 4.74. The first-order valence-electron chi connectivity index (χ1n) is 7.98. The number of rotatable bonds is 5. The number of hydrogen-bond donors (Lipinski definition) is 3. The summed E-state index contributed by atoms with van der Waals surface area (Å²) < 4.78 is 0. The van der Waals surface area contributed by atoms with E-state index >= 15 is 0 Å². The van der Waals surface area contributed by atoms with Crippen LogP contribution in [0.25, 0.3) is 0 Å². The first-order valence-corrected chi connectivity index (χ1v) is 7.98. The largest absolute Gasteiger partial charge is 0.508 e. The summed E-state index contributed by atoms with van der Waals surface area (Å²) in [5.41, 5.74) is 0.497. The van der Waals surface area contributed by atoms with Gasteiger partial charge in [0.25, 0.3) is 5.91 Å². The van der Waals surface area contributed by atoms with Crippen molar-refractivity contribution in [2.24, 2.45) is 17.8 Å². The Bertz CT molecular complexity index is 556. The summed E-state index contributed by atoms with van der Waals surface area (Å²) in [5.74, 6) is 1.60.